The third-order valence-corrected chi connectivity index (χ3v) is 8.09. The van der Waals surface area contributed by atoms with Crippen molar-refractivity contribution in [1.29, 1.82) is 0 Å². The zero-order chi connectivity index (χ0) is 35.0. The fourth-order valence-electron chi connectivity index (χ4n) is 5.27. The molecule has 0 spiro atoms. The van der Waals surface area contributed by atoms with Crippen molar-refractivity contribution in [3.8, 4) is 11.5 Å². The fourth-order valence-corrected chi connectivity index (χ4v) is 5.27. The van der Waals surface area contributed by atoms with Gasteiger partial charge in [0.25, 0.3) is 0 Å². The summed E-state index contributed by atoms with van der Waals surface area (Å²) in [6.07, 6.45) is 7.63. The van der Waals surface area contributed by atoms with Crippen molar-refractivity contribution in [3.05, 3.63) is 63.1 Å². The molecule has 0 aromatic heterocycles. The fraction of sp³-hybridized carbons (Fsp3) is 0.595. The summed E-state index contributed by atoms with van der Waals surface area (Å²) < 4.78 is 8.19. The van der Waals surface area contributed by atoms with Gasteiger partial charge < -0.3 is 15.6 Å². The molecule has 2 aromatic rings. The first kappa shape index (κ1) is 40.6. The van der Waals surface area contributed by atoms with Gasteiger partial charge in [-0.25, -0.2) is 0 Å². The number of benzene rings is 2. The van der Waals surface area contributed by atoms with Crippen LogP contribution in [0.25, 0.3) is 5.41 Å². The SMILES string of the molecule is CC(C)(C)c1cc(C=N[C@@H]2CCCC[C@H]2N=Cc2cc(C(C)(C)C)cc(C(C)(C)C)c2[O-])c([O-])c(C(C)(C)C)c1.[N-]=C=S.[O]=[V+2]. The van der Waals surface area contributed by atoms with Crippen LogP contribution in [0.3, 0.4) is 0 Å². The number of hydrogen-bond acceptors (Lipinski definition) is 6. The molecule has 6 nitrogen and oxygen atoms in total. The van der Waals surface area contributed by atoms with E-state index in [-0.39, 0.29) is 45.2 Å². The normalized spacial score (nSPS) is 17.7. The minimum atomic E-state index is -0.248. The number of thiocarbonyl (C=S) groups is 1. The van der Waals surface area contributed by atoms with Gasteiger partial charge in [-0.1, -0.05) is 144 Å². The summed E-state index contributed by atoms with van der Waals surface area (Å²) in [7, 11) is 0. The molecule has 245 valence electrons. The molecule has 1 saturated carbocycles. The van der Waals surface area contributed by atoms with Gasteiger partial charge in [-0.3, -0.25) is 9.98 Å². The first-order valence-electron chi connectivity index (χ1n) is 15.6. The van der Waals surface area contributed by atoms with Gasteiger partial charge in [0.15, 0.2) is 0 Å². The Labute approximate surface area is 287 Å². The number of isothiocyanates is 1. The first-order valence-corrected chi connectivity index (χ1v) is 16.6. The zero-order valence-corrected chi connectivity index (χ0v) is 31.6. The van der Waals surface area contributed by atoms with Gasteiger partial charge in [0, 0.05) is 12.4 Å². The second kappa shape index (κ2) is 16.4. The van der Waals surface area contributed by atoms with E-state index in [1.807, 2.05) is 12.1 Å². The quantitative estimate of drug-likeness (QED) is 0.240. The Hall–Kier alpha value is -2.44. The van der Waals surface area contributed by atoms with Gasteiger partial charge in [0.05, 0.1) is 12.1 Å². The predicted molar refractivity (Wildman–Crippen MR) is 184 cm³/mol. The van der Waals surface area contributed by atoms with Gasteiger partial charge in [-0.2, -0.15) is 5.16 Å². The Balaban J connectivity index is 0.00000191. The maximum absolute atomic E-state index is 13.5. The molecule has 0 amide bonds. The van der Waals surface area contributed by atoms with Gasteiger partial charge in [0.1, 0.15) is 0 Å². The summed E-state index contributed by atoms with van der Waals surface area (Å²) in [6.45, 7) is 25.6. The van der Waals surface area contributed by atoms with Gasteiger partial charge in [0.2, 0.25) is 0 Å². The van der Waals surface area contributed by atoms with Crippen molar-refractivity contribution in [2.45, 2.75) is 143 Å². The van der Waals surface area contributed by atoms with Crippen molar-refractivity contribution < 1.29 is 31.3 Å². The molecule has 0 aliphatic heterocycles. The molecule has 0 unspecified atom stereocenters. The number of rotatable bonds is 4. The molecular formula is C37H52N3O3SV-. The van der Waals surface area contributed by atoms with Crippen molar-refractivity contribution in [3.63, 3.8) is 0 Å². The topological polar surface area (TPSA) is 110 Å². The summed E-state index contributed by atoms with van der Waals surface area (Å²) in [5.74, 6) is 0.120. The van der Waals surface area contributed by atoms with Crippen molar-refractivity contribution in [2.75, 3.05) is 0 Å². The summed E-state index contributed by atoms with van der Waals surface area (Å²) in [6, 6.07) is 8.15. The van der Waals surface area contributed by atoms with Crippen LogP contribution in [-0.4, -0.2) is 29.7 Å². The van der Waals surface area contributed by atoms with Crippen molar-refractivity contribution in [2.24, 2.45) is 9.98 Å². The Morgan fingerprint density at radius 3 is 1.22 bits per heavy atom. The summed E-state index contributed by atoms with van der Waals surface area (Å²) in [4.78, 5) is 9.95. The van der Waals surface area contributed by atoms with E-state index in [0.29, 0.717) is 11.1 Å². The molecule has 3 rings (SSSR count). The first-order chi connectivity index (χ1) is 20.6. The van der Waals surface area contributed by atoms with Crippen LogP contribution in [0.2, 0.25) is 0 Å². The summed E-state index contributed by atoms with van der Waals surface area (Å²) in [5, 5.41) is 35.4. The Kier molecular flexibility index (Phi) is 14.8. The van der Waals surface area contributed by atoms with E-state index in [1.54, 1.807) is 12.4 Å². The molecule has 1 aliphatic carbocycles. The minimum absolute atomic E-state index is 0.0104. The van der Waals surface area contributed by atoms with E-state index < -0.39 is 0 Å². The van der Waals surface area contributed by atoms with Crippen LogP contribution in [0.15, 0.2) is 34.3 Å². The van der Waals surface area contributed by atoms with Gasteiger partial charge >= 0.3 is 21.0 Å². The molecule has 1 fully saturated rings. The average molecular weight is 670 g/mol. The Morgan fingerprint density at radius 2 is 0.978 bits per heavy atom. The molecule has 45 heavy (non-hydrogen) atoms. The second-order valence-electron chi connectivity index (χ2n) is 16.0. The van der Waals surface area contributed by atoms with E-state index in [0.717, 1.165) is 65.3 Å². The molecule has 0 N–H and O–H groups in total. The van der Waals surface area contributed by atoms with E-state index in [4.69, 9.17) is 19.1 Å². The number of nitrogens with zero attached hydrogens (tertiary/aromatic N) is 3. The van der Waals surface area contributed by atoms with Crippen LogP contribution in [0.1, 0.15) is 142 Å². The summed E-state index contributed by atoms with van der Waals surface area (Å²) >= 11 is 4.76. The third kappa shape index (κ3) is 11.7. The molecule has 2 atom stereocenters. The molecular weight excluding hydrogens is 617 g/mol. The Morgan fingerprint density at radius 1 is 0.689 bits per heavy atom. The van der Waals surface area contributed by atoms with Gasteiger partial charge in [-0.05, 0) is 67.9 Å². The molecule has 0 radical (unpaired) electrons. The van der Waals surface area contributed by atoms with E-state index in [9.17, 15) is 10.2 Å². The van der Waals surface area contributed by atoms with E-state index in [1.165, 1.54) is 5.16 Å². The molecule has 0 heterocycles. The Bertz CT molecular complexity index is 1280. The standard InChI is InChI=1S/C36H54N2O2.CNS.O.V/c1-33(2,3)25-17-23(31(39)27(19-25)35(7,8)9)21-37-29-15-13-14-16-30(29)38-22-24-18-26(34(4,5)6)20-28(32(24)40)36(10,11)12;2-1-3;;/h17-22,29-30,39-40H,13-16H2,1-12H3;;;/q;-1;;+2/p-2/t29-,30-;;;/m1.../s1. The van der Waals surface area contributed by atoms with Crippen LogP contribution < -0.4 is 10.2 Å². The van der Waals surface area contributed by atoms with Crippen molar-refractivity contribution >= 4 is 29.8 Å². The van der Waals surface area contributed by atoms with E-state index >= 15 is 0 Å². The monoisotopic (exact) mass is 669 g/mol. The predicted octanol–water partition coefficient (Wildman–Crippen LogP) is 8.41. The zero-order valence-electron chi connectivity index (χ0n) is 29.4. The molecule has 8 heteroatoms. The number of aliphatic imine (C=N–C) groups is 2. The van der Waals surface area contributed by atoms with Crippen LogP contribution in [-0.2, 0) is 42.7 Å². The molecule has 0 bridgehead atoms. The average Bonchev–Trinajstić information content (AvgIpc) is 2.91. The van der Waals surface area contributed by atoms with E-state index in [2.05, 4.69) is 107 Å². The van der Waals surface area contributed by atoms with Gasteiger partial charge in [-0.15, -0.1) is 0 Å². The maximum atomic E-state index is 13.5. The second-order valence-corrected chi connectivity index (χ2v) is 16.1. The van der Waals surface area contributed by atoms with Crippen LogP contribution in [0.4, 0.5) is 0 Å². The molecule has 0 saturated heterocycles. The van der Waals surface area contributed by atoms with Crippen LogP contribution in [0.5, 0.6) is 11.5 Å². The summed E-state index contributed by atoms with van der Waals surface area (Å²) in [5.41, 5.74) is 4.62. The van der Waals surface area contributed by atoms with Crippen LogP contribution >= 0.6 is 12.2 Å². The molecule has 1 aliphatic rings. The number of hydrogen-bond donors (Lipinski definition) is 0. The van der Waals surface area contributed by atoms with Crippen LogP contribution in [0, 0.1) is 0 Å². The third-order valence-electron chi connectivity index (χ3n) is 8.09. The van der Waals surface area contributed by atoms with Crippen molar-refractivity contribution in [1.82, 2.24) is 0 Å². The molecule has 2 aromatic carbocycles.